The molecular weight excluding hydrogens is 280 g/mol. The summed E-state index contributed by atoms with van der Waals surface area (Å²) in [5, 5.41) is 1.35. The van der Waals surface area contributed by atoms with Gasteiger partial charge in [0.1, 0.15) is 7.05 Å². The van der Waals surface area contributed by atoms with Gasteiger partial charge in [0, 0.05) is 30.8 Å². The summed E-state index contributed by atoms with van der Waals surface area (Å²) in [4.78, 5) is 2.37. The zero-order valence-electron chi connectivity index (χ0n) is 13.9. The van der Waals surface area contributed by atoms with Crippen LogP contribution < -0.4 is 9.47 Å². The molecule has 116 valence electrons. The number of aromatic nitrogens is 1. The van der Waals surface area contributed by atoms with Crippen LogP contribution >= 0.6 is 0 Å². The van der Waals surface area contributed by atoms with Crippen molar-refractivity contribution in [3.8, 4) is 0 Å². The maximum absolute atomic E-state index is 2.41. The number of nitrogens with zero attached hydrogens (tertiary/aromatic N) is 2. The summed E-state index contributed by atoms with van der Waals surface area (Å²) in [7, 11) is 4.42. The fourth-order valence-corrected chi connectivity index (χ4v) is 3.95. The van der Waals surface area contributed by atoms with E-state index >= 15 is 0 Å². The van der Waals surface area contributed by atoms with E-state index in [9.17, 15) is 0 Å². The molecule has 0 saturated carbocycles. The lowest BCUT2D eigenvalue weighted by molar-refractivity contribution is -0.653. The third-order valence-corrected chi connectivity index (χ3v) is 5.13. The van der Waals surface area contributed by atoms with E-state index in [1.165, 1.54) is 59.2 Å². The average molecular weight is 303 g/mol. The van der Waals surface area contributed by atoms with Crippen molar-refractivity contribution in [2.24, 2.45) is 7.05 Å². The van der Waals surface area contributed by atoms with Gasteiger partial charge < -0.3 is 4.90 Å². The van der Waals surface area contributed by atoms with Gasteiger partial charge in [-0.05, 0) is 37.5 Å². The summed E-state index contributed by atoms with van der Waals surface area (Å²) in [6.07, 6.45) is 4.96. The van der Waals surface area contributed by atoms with Crippen LogP contribution in [-0.4, -0.2) is 7.05 Å². The first kappa shape index (κ1) is 14.3. The van der Waals surface area contributed by atoms with Crippen molar-refractivity contribution in [2.45, 2.75) is 25.7 Å². The molecule has 2 nitrogen and oxygen atoms in total. The fraction of sp³-hybridized carbons (Fsp3) is 0.286. The predicted octanol–water partition coefficient (Wildman–Crippen LogP) is 4.31. The van der Waals surface area contributed by atoms with E-state index in [-0.39, 0.29) is 0 Å². The summed E-state index contributed by atoms with van der Waals surface area (Å²) in [5.74, 6) is 0. The number of fused-ring (bicyclic) bond motifs is 2. The lowest BCUT2D eigenvalue weighted by Gasteiger charge is -2.27. The number of pyridine rings is 1. The monoisotopic (exact) mass is 303 g/mol. The highest BCUT2D eigenvalue weighted by Crippen LogP contribution is 2.37. The van der Waals surface area contributed by atoms with E-state index in [0.29, 0.717) is 0 Å². The largest absolute Gasteiger partial charge is 0.344 e. The number of hydrogen-bond acceptors (Lipinski definition) is 1. The standard InChI is InChI=1S/C21H23N2/c1-22(16-10-4-3-5-11-16)21-17-12-6-8-14-19(17)23(2)20-15-9-7-13-18(20)21/h3-6,8,10-12,14H,7,9,13,15H2,1-2H3/q+1. The molecule has 23 heavy (non-hydrogen) atoms. The van der Waals surface area contributed by atoms with Crippen LogP contribution in [-0.2, 0) is 19.9 Å². The maximum Gasteiger partial charge on any atom is 0.214 e. The summed E-state index contributed by atoms with van der Waals surface area (Å²) < 4.78 is 2.41. The highest BCUT2D eigenvalue weighted by atomic mass is 15.1. The molecule has 0 N–H and O–H groups in total. The molecule has 0 atom stereocenters. The first-order chi connectivity index (χ1) is 11.3. The fourth-order valence-electron chi connectivity index (χ4n) is 3.95. The Bertz CT molecular complexity index is 853. The lowest BCUT2D eigenvalue weighted by atomic mass is 9.91. The SMILES string of the molecule is CN(c1ccccc1)c1c2c([n+](C)c3ccccc13)CCCC2. The van der Waals surface area contributed by atoms with Crippen molar-refractivity contribution in [3.05, 3.63) is 65.9 Å². The van der Waals surface area contributed by atoms with E-state index in [1.54, 1.807) is 0 Å². The average Bonchev–Trinajstić information content (AvgIpc) is 2.63. The zero-order valence-corrected chi connectivity index (χ0v) is 13.9. The summed E-state index contributed by atoms with van der Waals surface area (Å²) in [6, 6.07) is 19.5. The Morgan fingerprint density at radius 3 is 2.39 bits per heavy atom. The Morgan fingerprint density at radius 2 is 1.57 bits per heavy atom. The number of hydrogen-bond donors (Lipinski definition) is 0. The number of rotatable bonds is 2. The molecule has 0 radical (unpaired) electrons. The van der Waals surface area contributed by atoms with Crippen molar-refractivity contribution in [3.63, 3.8) is 0 Å². The van der Waals surface area contributed by atoms with Gasteiger partial charge in [0.2, 0.25) is 5.52 Å². The number of aryl methyl sites for hydroxylation is 1. The molecule has 0 saturated heterocycles. The number of benzene rings is 2. The van der Waals surface area contributed by atoms with Gasteiger partial charge in [-0.2, -0.15) is 4.57 Å². The van der Waals surface area contributed by atoms with Gasteiger partial charge in [-0.15, -0.1) is 0 Å². The van der Waals surface area contributed by atoms with Crippen molar-refractivity contribution in [1.29, 1.82) is 0 Å². The van der Waals surface area contributed by atoms with Crippen LogP contribution in [0.2, 0.25) is 0 Å². The third-order valence-electron chi connectivity index (χ3n) is 5.13. The van der Waals surface area contributed by atoms with Crippen LogP contribution in [0, 0.1) is 0 Å². The Hall–Kier alpha value is -2.35. The smallest absolute Gasteiger partial charge is 0.214 e. The van der Waals surface area contributed by atoms with Gasteiger partial charge in [0.25, 0.3) is 0 Å². The van der Waals surface area contributed by atoms with E-state index in [2.05, 4.69) is 78.2 Å². The summed E-state index contributed by atoms with van der Waals surface area (Å²) in [5.41, 5.74) is 7.00. The minimum atomic E-state index is 1.18. The maximum atomic E-state index is 2.41. The molecule has 1 aromatic heterocycles. The molecule has 1 aliphatic carbocycles. The minimum Gasteiger partial charge on any atom is -0.344 e. The molecule has 3 aromatic rings. The molecule has 2 heteroatoms. The molecule has 0 bridgehead atoms. The molecule has 0 amide bonds. The highest BCUT2D eigenvalue weighted by Gasteiger charge is 2.27. The molecular formula is C21H23N2+. The van der Waals surface area contributed by atoms with E-state index in [0.717, 1.165) is 0 Å². The molecule has 0 aliphatic heterocycles. The third kappa shape index (κ3) is 2.29. The van der Waals surface area contributed by atoms with Crippen LogP contribution in [0.25, 0.3) is 10.9 Å². The van der Waals surface area contributed by atoms with Crippen molar-refractivity contribution in [2.75, 3.05) is 11.9 Å². The molecule has 0 spiro atoms. The highest BCUT2D eigenvalue weighted by molar-refractivity contribution is 5.94. The number of para-hydroxylation sites is 2. The first-order valence-electron chi connectivity index (χ1n) is 8.48. The Labute approximate surface area is 138 Å². The van der Waals surface area contributed by atoms with Crippen LogP contribution in [0.15, 0.2) is 54.6 Å². The van der Waals surface area contributed by atoms with Gasteiger partial charge in [0.05, 0.1) is 11.1 Å². The second-order valence-electron chi connectivity index (χ2n) is 6.45. The second kappa shape index (κ2) is 5.69. The van der Waals surface area contributed by atoms with Gasteiger partial charge in [-0.1, -0.05) is 30.3 Å². The van der Waals surface area contributed by atoms with Crippen LogP contribution in [0.4, 0.5) is 11.4 Å². The van der Waals surface area contributed by atoms with Crippen LogP contribution in [0.5, 0.6) is 0 Å². The van der Waals surface area contributed by atoms with E-state index < -0.39 is 0 Å². The normalized spacial score (nSPS) is 13.8. The van der Waals surface area contributed by atoms with E-state index in [4.69, 9.17) is 0 Å². The first-order valence-corrected chi connectivity index (χ1v) is 8.48. The minimum absolute atomic E-state index is 1.18. The molecule has 2 aromatic carbocycles. The molecule has 0 fully saturated rings. The quantitative estimate of drug-likeness (QED) is 0.640. The number of anilines is 2. The predicted molar refractivity (Wildman–Crippen MR) is 96.3 cm³/mol. The summed E-state index contributed by atoms with van der Waals surface area (Å²) >= 11 is 0. The molecule has 0 unspecified atom stereocenters. The van der Waals surface area contributed by atoms with Crippen molar-refractivity contribution >= 4 is 22.3 Å². The van der Waals surface area contributed by atoms with Crippen molar-refractivity contribution in [1.82, 2.24) is 0 Å². The van der Waals surface area contributed by atoms with Gasteiger partial charge in [-0.3, -0.25) is 0 Å². The Balaban J connectivity index is 2.03. The molecule has 1 heterocycles. The van der Waals surface area contributed by atoms with Crippen LogP contribution in [0.3, 0.4) is 0 Å². The Kier molecular flexibility index (Phi) is 3.53. The Morgan fingerprint density at radius 1 is 0.870 bits per heavy atom. The topological polar surface area (TPSA) is 7.12 Å². The van der Waals surface area contributed by atoms with E-state index in [1.807, 2.05) is 0 Å². The zero-order chi connectivity index (χ0) is 15.8. The van der Waals surface area contributed by atoms with Gasteiger partial charge >= 0.3 is 0 Å². The van der Waals surface area contributed by atoms with Gasteiger partial charge in [-0.25, -0.2) is 0 Å². The second-order valence-corrected chi connectivity index (χ2v) is 6.45. The van der Waals surface area contributed by atoms with Gasteiger partial charge in [0.15, 0.2) is 5.69 Å². The summed E-state index contributed by atoms with van der Waals surface area (Å²) in [6.45, 7) is 0. The van der Waals surface area contributed by atoms with Crippen LogP contribution in [0.1, 0.15) is 24.1 Å². The molecule has 1 aliphatic rings. The lowest BCUT2D eigenvalue weighted by Crippen LogP contribution is -2.38. The van der Waals surface area contributed by atoms with Crippen molar-refractivity contribution < 1.29 is 4.57 Å². The molecule has 4 rings (SSSR count).